The Morgan fingerprint density at radius 3 is 2.36 bits per heavy atom. The van der Waals surface area contributed by atoms with E-state index in [2.05, 4.69) is 5.10 Å². The van der Waals surface area contributed by atoms with Crippen molar-refractivity contribution < 1.29 is 66.2 Å². The largest absolute Gasteiger partial charge is 1.00 e. The van der Waals surface area contributed by atoms with Gasteiger partial charge in [0.2, 0.25) is 0 Å². The summed E-state index contributed by atoms with van der Waals surface area (Å²) in [5.41, 5.74) is -0.961. The fourth-order valence-electron chi connectivity index (χ4n) is 1.09. The maximum absolute atomic E-state index is 10.5. The Morgan fingerprint density at radius 1 is 1.57 bits per heavy atom. The average Bonchev–Trinajstić information content (AvgIpc) is 2.24. The molecule has 0 saturated carbocycles. The van der Waals surface area contributed by atoms with Gasteiger partial charge in [-0.1, -0.05) is 0 Å². The molecule has 0 bridgehead atoms. The second kappa shape index (κ2) is 4.98. The number of carboxylic acids is 1. The smallest absolute Gasteiger partial charge is 0.543 e. The van der Waals surface area contributed by atoms with Gasteiger partial charge < -0.3 is 9.90 Å². The molecular formula is C6H6KN3O4. The van der Waals surface area contributed by atoms with E-state index >= 15 is 0 Å². The van der Waals surface area contributed by atoms with Gasteiger partial charge in [-0.15, -0.1) is 0 Å². The first-order chi connectivity index (χ1) is 5.95. The zero-order valence-electron chi connectivity index (χ0n) is 7.97. The summed E-state index contributed by atoms with van der Waals surface area (Å²) in [5, 5.41) is 24.5. The summed E-state index contributed by atoms with van der Waals surface area (Å²) in [4.78, 5) is 20.1. The first kappa shape index (κ1) is 13.7. The van der Waals surface area contributed by atoms with Gasteiger partial charge in [-0.2, -0.15) is 5.10 Å². The van der Waals surface area contributed by atoms with Crippen LogP contribution in [0.3, 0.4) is 0 Å². The van der Waals surface area contributed by atoms with Crippen molar-refractivity contribution in [3.05, 3.63) is 21.5 Å². The molecule has 0 aliphatic rings. The Balaban J connectivity index is 0.00000169. The molecule has 1 rings (SSSR count). The van der Waals surface area contributed by atoms with Crippen molar-refractivity contribution in [3.63, 3.8) is 0 Å². The number of rotatable bonds is 2. The Morgan fingerprint density at radius 2 is 2.07 bits per heavy atom. The minimum atomic E-state index is -1.60. The number of aryl methyl sites for hydroxylation is 2. The van der Waals surface area contributed by atoms with Crippen LogP contribution >= 0.6 is 0 Å². The molecule has 8 heteroatoms. The zero-order valence-corrected chi connectivity index (χ0v) is 11.1. The minimum absolute atomic E-state index is 0. The number of hydrogen-bond acceptors (Lipinski definition) is 5. The van der Waals surface area contributed by atoms with E-state index in [1.54, 1.807) is 0 Å². The molecule has 1 heterocycles. The Hall–Kier alpha value is -0.284. The number of aromatic carboxylic acids is 1. The third-order valence-electron chi connectivity index (χ3n) is 1.57. The fourth-order valence-corrected chi connectivity index (χ4v) is 1.09. The van der Waals surface area contributed by atoms with Crippen LogP contribution in [0.5, 0.6) is 0 Å². The van der Waals surface area contributed by atoms with Crippen molar-refractivity contribution in [1.82, 2.24) is 9.78 Å². The molecule has 0 aliphatic heterocycles. The Bertz CT molecular complexity index is 352. The van der Waals surface area contributed by atoms with Crippen LogP contribution < -0.4 is 56.5 Å². The van der Waals surface area contributed by atoms with Gasteiger partial charge in [-0.25, -0.2) is 0 Å². The molecule has 0 saturated heterocycles. The van der Waals surface area contributed by atoms with E-state index in [1.807, 2.05) is 0 Å². The fraction of sp³-hybridized carbons (Fsp3) is 0.333. The first-order valence-corrected chi connectivity index (χ1v) is 3.34. The van der Waals surface area contributed by atoms with Crippen molar-refractivity contribution in [2.75, 3.05) is 0 Å². The molecule has 0 aromatic carbocycles. The summed E-state index contributed by atoms with van der Waals surface area (Å²) < 4.78 is 0.919. The Kier molecular flexibility index (Phi) is 4.88. The zero-order chi connectivity index (χ0) is 10.2. The van der Waals surface area contributed by atoms with Gasteiger partial charge in [0.05, 0.1) is 10.9 Å². The molecule has 0 atom stereocenters. The molecule has 0 amide bonds. The van der Waals surface area contributed by atoms with Crippen LogP contribution in [-0.2, 0) is 7.05 Å². The molecule has 7 nitrogen and oxygen atoms in total. The van der Waals surface area contributed by atoms with E-state index in [-0.39, 0.29) is 57.1 Å². The molecule has 0 radical (unpaired) electrons. The monoisotopic (exact) mass is 223 g/mol. The predicted octanol–water partition coefficient (Wildman–Crippen LogP) is -4.00. The van der Waals surface area contributed by atoms with Gasteiger partial charge >= 0.3 is 57.1 Å². The molecular weight excluding hydrogens is 217 g/mol. The summed E-state index contributed by atoms with van der Waals surface area (Å²) >= 11 is 0. The minimum Gasteiger partial charge on any atom is -0.543 e. The molecule has 0 N–H and O–H groups in total. The number of carbonyl (C=O) groups is 1. The van der Waals surface area contributed by atoms with Crippen LogP contribution in [0.25, 0.3) is 0 Å². The van der Waals surface area contributed by atoms with Crippen LogP contribution in [0.1, 0.15) is 16.2 Å². The molecule has 1 aromatic heterocycles. The van der Waals surface area contributed by atoms with Gasteiger partial charge in [0, 0.05) is 7.05 Å². The van der Waals surface area contributed by atoms with Gasteiger partial charge in [0.25, 0.3) is 0 Å². The van der Waals surface area contributed by atoms with E-state index in [0.29, 0.717) is 0 Å². The quantitative estimate of drug-likeness (QED) is 0.289. The molecule has 14 heavy (non-hydrogen) atoms. The van der Waals surface area contributed by atoms with Crippen LogP contribution in [0.4, 0.5) is 5.69 Å². The van der Waals surface area contributed by atoms with Crippen LogP contribution in [0.15, 0.2) is 0 Å². The molecule has 0 aliphatic carbocycles. The van der Waals surface area contributed by atoms with Gasteiger partial charge in [0.15, 0.2) is 5.69 Å². The van der Waals surface area contributed by atoms with Gasteiger partial charge in [-0.3, -0.25) is 14.8 Å². The SMILES string of the molecule is Cc1nn(C)c(C(=O)[O-])c1[N+](=O)[O-].[K+]. The number of hydrogen-bond donors (Lipinski definition) is 0. The first-order valence-electron chi connectivity index (χ1n) is 3.34. The predicted molar refractivity (Wildman–Crippen MR) is 38.9 cm³/mol. The topological polar surface area (TPSA) is 101 Å². The van der Waals surface area contributed by atoms with Crippen molar-refractivity contribution in [1.29, 1.82) is 0 Å². The third-order valence-corrected chi connectivity index (χ3v) is 1.57. The maximum Gasteiger partial charge on any atom is 1.00 e. The average molecular weight is 223 g/mol. The van der Waals surface area contributed by atoms with Crippen molar-refractivity contribution in [2.24, 2.45) is 7.05 Å². The van der Waals surface area contributed by atoms with Crippen LogP contribution in [0, 0.1) is 17.0 Å². The maximum atomic E-state index is 10.5. The molecule has 1 aromatic rings. The number of aromatic nitrogens is 2. The molecule has 0 spiro atoms. The van der Waals surface area contributed by atoms with E-state index in [4.69, 9.17) is 0 Å². The summed E-state index contributed by atoms with van der Waals surface area (Å²) in [7, 11) is 1.31. The number of nitro groups is 1. The van der Waals surface area contributed by atoms with Crippen LogP contribution in [-0.4, -0.2) is 20.7 Å². The van der Waals surface area contributed by atoms with E-state index in [9.17, 15) is 20.0 Å². The van der Waals surface area contributed by atoms with Gasteiger partial charge in [0.1, 0.15) is 5.69 Å². The van der Waals surface area contributed by atoms with Gasteiger partial charge in [-0.05, 0) is 6.92 Å². The van der Waals surface area contributed by atoms with E-state index < -0.39 is 22.3 Å². The number of carbonyl (C=O) groups excluding carboxylic acids is 1. The molecule has 70 valence electrons. The standard InChI is InChI=1S/C6H7N3O4.K/c1-3-4(9(12)13)5(6(10)11)8(2)7-3;/h1-2H3,(H,10,11);/q;+1/p-1. The number of nitrogens with zero attached hydrogens (tertiary/aromatic N) is 3. The van der Waals surface area contributed by atoms with E-state index in [1.165, 1.54) is 14.0 Å². The Labute approximate surface area is 122 Å². The van der Waals surface area contributed by atoms with Crippen molar-refractivity contribution in [2.45, 2.75) is 6.92 Å². The normalized spacial score (nSPS) is 9.29. The second-order valence-corrected chi connectivity index (χ2v) is 2.45. The number of carboxylic acid groups (broad SMARTS) is 1. The third kappa shape index (κ3) is 2.39. The van der Waals surface area contributed by atoms with Crippen LogP contribution in [0.2, 0.25) is 0 Å². The summed E-state index contributed by atoms with van der Waals surface area (Å²) in [6.45, 7) is 1.37. The molecule has 0 fully saturated rings. The van der Waals surface area contributed by atoms with Crippen molar-refractivity contribution >= 4 is 11.7 Å². The summed E-state index contributed by atoms with van der Waals surface area (Å²) in [6, 6.07) is 0. The summed E-state index contributed by atoms with van der Waals surface area (Å²) in [5.74, 6) is -1.60. The van der Waals surface area contributed by atoms with E-state index in [0.717, 1.165) is 4.68 Å². The second-order valence-electron chi connectivity index (χ2n) is 2.45. The van der Waals surface area contributed by atoms with Crippen molar-refractivity contribution in [3.8, 4) is 0 Å². The summed E-state index contributed by atoms with van der Waals surface area (Å²) in [6.07, 6.45) is 0. The molecule has 0 unspecified atom stereocenters.